The SMILES string of the molecule is CCC(C)C(c1ccccc1)C(O)Cc1cc(C)nn1C. The predicted molar refractivity (Wildman–Crippen MR) is 86.3 cm³/mol. The monoisotopic (exact) mass is 286 g/mol. The van der Waals surface area contributed by atoms with Gasteiger partial charge in [-0.15, -0.1) is 0 Å². The van der Waals surface area contributed by atoms with Crippen LogP contribution in [-0.4, -0.2) is 21.0 Å². The molecule has 3 atom stereocenters. The van der Waals surface area contributed by atoms with E-state index in [-0.39, 0.29) is 5.92 Å². The van der Waals surface area contributed by atoms with E-state index in [0.717, 1.165) is 17.8 Å². The van der Waals surface area contributed by atoms with Gasteiger partial charge in [0.2, 0.25) is 0 Å². The third-order valence-electron chi connectivity index (χ3n) is 4.37. The molecule has 0 aliphatic rings. The number of aliphatic hydroxyl groups excluding tert-OH is 1. The highest BCUT2D eigenvalue weighted by Crippen LogP contribution is 2.31. The smallest absolute Gasteiger partial charge is 0.0666 e. The molecule has 1 heterocycles. The van der Waals surface area contributed by atoms with E-state index in [1.165, 1.54) is 5.56 Å². The molecular weight excluding hydrogens is 260 g/mol. The number of benzene rings is 1. The van der Waals surface area contributed by atoms with Crippen LogP contribution in [-0.2, 0) is 13.5 Å². The number of nitrogens with zero attached hydrogens (tertiary/aromatic N) is 2. The Kier molecular flexibility index (Phi) is 5.18. The summed E-state index contributed by atoms with van der Waals surface area (Å²) < 4.78 is 1.87. The predicted octanol–water partition coefficient (Wildman–Crippen LogP) is 3.46. The van der Waals surface area contributed by atoms with Gasteiger partial charge in [0.25, 0.3) is 0 Å². The molecule has 3 heteroatoms. The van der Waals surface area contributed by atoms with Crippen LogP contribution in [0.25, 0.3) is 0 Å². The molecule has 3 nitrogen and oxygen atoms in total. The molecule has 1 aromatic heterocycles. The molecule has 2 aromatic rings. The van der Waals surface area contributed by atoms with E-state index in [1.807, 2.05) is 36.9 Å². The number of aromatic nitrogens is 2. The number of rotatable bonds is 6. The number of hydrogen-bond donors (Lipinski definition) is 1. The number of hydrogen-bond acceptors (Lipinski definition) is 2. The second-order valence-electron chi connectivity index (χ2n) is 5.99. The molecule has 0 saturated heterocycles. The van der Waals surface area contributed by atoms with Gasteiger partial charge in [-0.05, 0) is 24.5 Å². The quantitative estimate of drug-likeness (QED) is 0.883. The van der Waals surface area contributed by atoms with Crippen molar-refractivity contribution in [2.45, 2.75) is 45.6 Å². The lowest BCUT2D eigenvalue weighted by atomic mass is 9.80. The minimum absolute atomic E-state index is 0.159. The summed E-state index contributed by atoms with van der Waals surface area (Å²) in [5.74, 6) is 0.600. The maximum atomic E-state index is 10.8. The van der Waals surface area contributed by atoms with Crippen LogP contribution in [0.2, 0.25) is 0 Å². The molecule has 0 aliphatic heterocycles. The standard InChI is InChI=1S/C18H26N2O/c1-5-13(2)18(15-9-7-6-8-10-15)17(21)12-16-11-14(3)19-20(16)4/h6-11,13,17-18,21H,5,12H2,1-4H3. The van der Waals surface area contributed by atoms with Crippen LogP contribution in [0.15, 0.2) is 36.4 Å². The molecule has 0 bridgehead atoms. The molecule has 1 N–H and O–H groups in total. The van der Waals surface area contributed by atoms with Crippen molar-refractivity contribution in [2.75, 3.05) is 0 Å². The molecule has 0 amide bonds. The maximum Gasteiger partial charge on any atom is 0.0666 e. The Bertz CT molecular complexity index is 562. The Balaban J connectivity index is 2.22. The first-order valence-electron chi connectivity index (χ1n) is 7.75. The van der Waals surface area contributed by atoms with Crippen LogP contribution in [0.5, 0.6) is 0 Å². The summed E-state index contributed by atoms with van der Waals surface area (Å²) >= 11 is 0. The summed E-state index contributed by atoms with van der Waals surface area (Å²) in [4.78, 5) is 0. The van der Waals surface area contributed by atoms with Crippen molar-refractivity contribution in [3.05, 3.63) is 53.3 Å². The van der Waals surface area contributed by atoms with Crippen LogP contribution >= 0.6 is 0 Å². The summed E-state index contributed by atoms with van der Waals surface area (Å²) in [7, 11) is 1.94. The Hall–Kier alpha value is -1.61. The normalized spacial score (nSPS) is 15.7. The Morgan fingerprint density at radius 3 is 2.43 bits per heavy atom. The fourth-order valence-electron chi connectivity index (χ4n) is 3.06. The maximum absolute atomic E-state index is 10.8. The highest BCUT2D eigenvalue weighted by atomic mass is 16.3. The van der Waals surface area contributed by atoms with Gasteiger partial charge in [-0.25, -0.2) is 0 Å². The van der Waals surface area contributed by atoms with Crippen LogP contribution in [0.4, 0.5) is 0 Å². The van der Waals surface area contributed by atoms with E-state index in [4.69, 9.17) is 0 Å². The Morgan fingerprint density at radius 1 is 1.24 bits per heavy atom. The highest BCUT2D eigenvalue weighted by molar-refractivity contribution is 5.22. The Labute approximate surface area is 127 Å². The van der Waals surface area contributed by atoms with Crippen LogP contribution in [0.3, 0.4) is 0 Å². The van der Waals surface area contributed by atoms with Gasteiger partial charge in [-0.1, -0.05) is 50.6 Å². The second kappa shape index (κ2) is 6.90. The lowest BCUT2D eigenvalue weighted by Crippen LogP contribution is -2.27. The van der Waals surface area contributed by atoms with Crippen molar-refractivity contribution in [1.82, 2.24) is 9.78 Å². The molecule has 0 radical (unpaired) electrons. The first kappa shape index (κ1) is 15.8. The zero-order valence-corrected chi connectivity index (χ0v) is 13.5. The summed E-state index contributed by atoms with van der Waals surface area (Å²) in [5, 5.41) is 15.2. The van der Waals surface area contributed by atoms with Crippen molar-refractivity contribution < 1.29 is 5.11 Å². The van der Waals surface area contributed by atoms with Gasteiger partial charge in [0.1, 0.15) is 0 Å². The topological polar surface area (TPSA) is 38.1 Å². The van der Waals surface area contributed by atoms with Crippen LogP contribution < -0.4 is 0 Å². The van der Waals surface area contributed by atoms with Crippen molar-refractivity contribution in [3.8, 4) is 0 Å². The third-order valence-corrected chi connectivity index (χ3v) is 4.37. The molecule has 114 valence electrons. The van der Waals surface area contributed by atoms with Gasteiger partial charge in [0.05, 0.1) is 11.8 Å². The zero-order valence-electron chi connectivity index (χ0n) is 13.5. The van der Waals surface area contributed by atoms with Crippen molar-refractivity contribution >= 4 is 0 Å². The van der Waals surface area contributed by atoms with Crippen molar-refractivity contribution in [2.24, 2.45) is 13.0 Å². The largest absolute Gasteiger partial charge is 0.392 e. The molecular formula is C18H26N2O. The minimum Gasteiger partial charge on any atom is -0.392 e. The molecule has 0 fully saturated rings. The van der Waals surface area contributed by atoms with Crippen molar-refractivity contribution in [3.63, 3.8) is 0 Å². The van der Waals surface area contributed by atoms with E-state index >= 15 is 0 Å². The number of aryl methyl sites for hydroxylation is 2. The lowest BCUT2D eigenvalue weighted by Gasteiger charge is -2.28. The van der Waals surface area contributed by atoms with Gasteiger partial charge >= 0.3 is 0 Å². The van der Waals surface area contributed by atoms with E-state index in [2.05, 4.69) is 37.1 Å². The molecule has 3 unspecified atom stereocenters. The summed E-state index contributed by atoms with van der Waals surface area (Å²) in [5.41, 5.74) is 3.31. The fourth-order valence-corrected chi connectivity index (χ4v) is 3.06. The van der Waals surface area contributed by atoms with Gasteiger partial charge in [0, 0.05) is 25.1 Å². The minimum atomic E-state index is -0.392. The average Bonchev–Trinajstić information content (AvgIpc) is 2.78. The van der Waals surface area contributed by atoms with Gasteiger partial charge in [-0.2, -0.15) is 5.10 Å². The molecule has 21 heavy (non-hydrogen) atoms. The van der Waals surface area contributed by atoms with Gasteiger partial charge in [0.15, 0.2) is 0 Å². The number of aliphatic hydroxyl groups is 1. The Morgan fingerprint density at radius 2 is 1.90 bits per heavy atom. The highest BCUT2D eigenvalue weighted by Gasteiger charge is 2.27. The zero-order chi connectivity index (χ0) is 15.4. The third kappa shape index (κ3) is 3.73. The van der Waals surface area contributed by atoms with Gasteiger partial charge < -0.3 is 5.11 Å². The first-order valence-corrected chi connectivity index (χ1v) is 7.75. The molecule has 2 rings (SSSR count). The van der Waals surface area contributed by atoms with Crippen LogP contribution in [0.1, 0.15) is 43.1 Å². The molecule has 0 saturated carbocycles. The summed E-state index contributed by atoms with van der Waals surface area (Å²) in [6.07, 6.45) is 1.31. The van der Waals surface area contributed by atoms with E-state index in [0.29, 0.717) is 12.3 Å². The lowest BCUT2D eigenvalue weighted by molar-refractivity contribution is 0.115. The van der Waals surface area contributed by atoms with Crippen LogP contribution in [0, 0.1) is 12.8 Å². The summed E-state index contributed by atoms with van der Waals surface area (Å²) in [6.45, 7) is 6.39. The molecule has 0 aliphatic carbocycles. The molecule has 0 spiro atoms. The van der Waals surface area contributed by atoms with Gasteiger partial charge in [-0.3, -0.25) is 4.68 Å². The second-order valence-corrected chi connectivity index (χ2v) is 5.99. The van der Waals surface area contributed by atoms with E-state index in [1.54, 1.807) is 0 Å². The van der Waals surface area contributed by atoms with E-state index < -0.39 is 6.10 Å². The molecule has 1 aromatic carbocycles. The summed E-state index contributed by atoms with van der Waals surface area (Å²) in [6, 6.07) is 12.4. The first-order chi connectivity index (χ1) is 10.0. The van der Waals surface area contributed by atoms with E-state index in [9.17, 15) is 5.11 Å². The fraction of sp³-hybridized carbons (Fsp3) is 0.500. The van der Waals surface area contributed by atoms with Crippen molar-refractivity contribution in [1.29, 1.82) is 0 Å². The average molecular weight is 286 g/mol.